The standard InChI is InChI=1S/C11H14N2O3S/c1-17-9(4-5-12)11(15)16-10(14)8-3-2-6-13-7-8/h2-3,6-7,9H,4-5,12H2,1H3/t9-/m0/s1. The first kappa shape index (κ1) is 13.7. The molecule has 0 spiro atoms. The summed E-state index contributed by atoms with van der Waals surface area (Å²) in [5, 5.41) is -0.402. The Morgan fingerprint density at radius 1 is 1.59 bits per heavy atom. The molecule has 0 aromatic carbocycles. The molecule has 0 bridgehead atoms. The van der Waals surface area contributed by atoms with Gasteiger partial charge in [0.05, 0.1) is 5.56 Å². The molecule has 6 heteroatoms. The first-order valence-electron chi connectivity index (χ1n) is 5.08. The number of aromatic nitrogens is 1. The molecule has 1 atom stereocenters. The van der Waals surface area contributed by atoms with Gasteiger partial charge >= 0.3 is 11.9 Å². The summed E-state index contributed by atoms with van der Waals surface area (Å²) in [5.41, 5.74) is 5.63. The molecule has 1 aromatic heterocycles. The molecule has 0 aliphatic heterocycles. The molecule has 0 saturated heterocycles. The maximum Gasteiger partial charge on any atom is 0.347 e. The predicted octanol–water partition coefficient (Wildman–Crippen LogP) is 0.845. The molecule has 0 unspecified atom stereocenters. The smallest absolute Gasteiger partial charge is 0.347 e. The van der Waals surface area contributed by atoms with E-state index in [4.69, 9.17) is 10.5 Å². The Morgan fingerprint density at radius 3 is 2.88 bits per heavy atom. The van der Waals surface area contributed by atoms with Gasteiger partial charge in [0.1, 0.15) is 5.25 Å². The van der Waals surface area contributed by atoms with Gasteiger partial charge in [-0.3, -0.25) is 9.78 Å². The van der Waals surface area contributed by atoms with Crippen LogP contribution in [-0.4, -0.2) is 35.0 Å². The summed E-state index contributed by atoms with van der Waals surface area (Å²) in [6, 6.07) is 3.15. The van der Waals surface area contributed by atoms with Crippen LogP contribution in [0.1, 0.15) is 16.8 Å². The van der Waals surface area contributed by atoms with Gasteiger partial charge in [0.2, 0.25) is 0 Å². The van der Waals surface area contributed by atoms with Gasteiger partial charge in [0, 0.05) is 12.4 Å². The number of pyridine rings is 1. The molecule has 17 heavy (non-hydrogen) atoms. The Balaban J connectivity index is 2.59. The van der Waals surface area contributed by atoms with E-state index in [1.165, 1.54) is 24.2 Å². The lowest BCUT2D eigenvalue weighted by Crippen LogP contribution is -2.25. The minimum absolute atomic E-state index is 0.258. The number of hydrogen-bond donors (Lipinski definition) is 1. The van der Waals surface area contributed by atoms with Crippen LogP contribution in [0, 0.1) is 0 Å². The molecule has 0 radical (unpaired) electrons. The lowest BCUT2D eigenvalue weighted by molar-refractivity contribution is -0.137. The van der Waals surface area contributed by atoms with Crippen LogP contribution in [0.3, 0.4) is 0 Å². The minimum atomic E-state index is -0.681. The van der Waals surface area contributed by atoms with Gasteiger partial charge in [-0.05, 0) is 31.4 Å². The molecule has 0 aliphatic carbocycles. The van der Waals surface area contributed by atoms with Crippen LogP contribution in [0.25, 0.3) is 0 Å². The van der Waals surface area contributed by atoms with Gasteiger partial charge in [0.15, 0.2) is 0 Å². The summed E-state index contributed by atoms with van der Waals surface area (Å²) in [5.74, 6) is -1.24. The number of hydrogen-bond acceptors (Lipinski definition) is 6. The van der Waals surface area contributed by atoms with Gasteiger partial charge < -0.3 is 10.5 Å². The van der Waals surface area contributed by atoms with E-state index in [2.05, 4.69) is 4.98 Å². The number of ether oxygens (including phenoxy) is 1. The van der Waals surface area contributed by atoms with Crippen LogP contribution in [0.4, 0.5) is 0 Å². The van der Waals surface area contributed by atoms with Crippen molar-refractivity contribution >= 4 is 23.7 Å². The minimum Gasteiger partial charge on any atom is -0.389 e. The monoisotopic (exact) mass is 254 g/mol. The number of rotatable bonds is 5. The zero-order valence-electron chi connectivity index (χ0n) is 9.46. The molecule has 0 fully saturated rings. The predicted molar refractivity (Wildman–Crippen MR) is 65.6 cm³/mol. The van der Waals surface area contributed by atoms with Crippen LogP contribution >= 0.6 is 11.8 Å². The fourth-order valence-corrected chi connectivity index (χ4v) is 1.80. The molecule has 0 amide bonds. The Morgan fingerprint density at radius 2 is 2.35 bits per heavy atom. The molecule has 1 heterocycles. The van der Waals surface area contributed by atoms with E-state index in [1.54, 1.807) is 18.4 Å². The van der Waals surface area contributed by atoms with Crippen LogP contribution in [-0.2, 0) is 9.53 Å². The molecule has 1 rings (SSSR count). The molecular formula is C11H14N2O3S. The van der Waals surface area contributed by atoms with Gasteiger partial charge in [-0.2, -0.15) is 11.8 Å². The normalized spacial score (nSPS) is 11.9. The topological polar surface area (TPSA) is 82.3 Å². The van der Waals surface area contributed by atoms with Crippen molar-refractivity contribution in [3.8, 4) is 0 Å². The maximum absolute atomic E-state index is 11.6. The van der Waals surface area contributed by atoms with Crippen molar-refractivity contribution in [2.24, 2.45) is 5.73 Å². The number of carbonyl (C=O) groups excluding carboxylic acids is 2. The highest BCUT2D eigenvalue weighted by molar-refractivity contribution is 7.99. The van der Waals surface area contributed by atoms with Crippen LogP contribution < -0.4 is 5.73 Å². The molecular weight excluding hydrogens is 240 g/mol. The van der Waals surface area contributed by atoms with Crippen LogP contribution in [0.5, 0.6) is 0 Å². The fourth-order valence-electron chi connectivity index (χ4n) is 1.18. The summed E-state index contributed by atoms with van der Waals surface area (Å²) in [4.78, 5) is 26.9. The van der Waals surface area contributed by atoms with E-state index in [0.29, 0.717) is 13.0 Å². The Bertz CT molecular complexity index is 384. The van der Waals surface area contributed by atoms with Gasteiger partial charge in [-0.15, -0.1) is 0 Å². The number of nitrogens with two attached hydrogens (primary N) is 1. The Labute approximate surface area is 104 Å². The van der Waals surface area contributed by atoms with Crippen molar-refractivity contribution in [1.29, 1.82) is 0 Å². The first-order valence-corrected chi connectivity index (χ1v) is 6.36. The third-order valence-corrected chi connectivity index (χ3v) is 3.06. The Kier molecular flexibility index (Phi) is 5.65. The summed E-state index contributed by atoms with van der Waals surface area (Å²) in [6.07, 6.45) is 5.15. The van der Waals surface area contributed by atoms with E-state index in [1.807, 2.05) is 0 Å². The highest BCUT2D eigenvalue weighted by Crippen LogP contribution is 2.13. The number of thioether (sulfide) groups is 1. The van der Waals surface area contributed by atoms with E-state index in [0.717, 1.165) is 0 Å². The van der Waals surface area contributed by atoms with Crippen molar-refractivity contribution in [3.63, 3.8) is 0 Å². The van der Waals surface area contributed by atoms with E-state index in [9.17, 15) is 9.59 Å². The SMILES string of the molecule is CS[C@@H](CCN)C(=O)OC(=O)c1cccnc1. The number of esters is 2. The van der Waals surface area contributed by atoms with Crippen molar-refractivity contribution < 1.29 is 14.3 Å². The van der Waals surface area contributed by atoms with Crippen molar-refractivity contribution in [2.75, 3.05) is 12.8 Å². The third-order valence-electron chi connectivity index (χ3n) is 2.07. The molecule has 0 aliphatic rings. The second kappa shape index (κ2) is 7.03. The van der Waals surface area contributed by atoms with Crippen molar-refractivity contribution in [2.45, 2.75) is 11.7 Å². The largest absolute Gasteiger partial charge is 0.389 e. The quantitative estimate of drug-likeness (QED) is 0.619. The zero-order chi connectivity index (χ0) is 12.7. The second-order valence-corrected chi connectivity index (χ2v) is 4.29. The second-order valence-electron chi connectivity index (χ2n) is 3.25. The average Bonchev–Trinajstić information content (AvgIpc) is 2.36. The molecule has 2 N–H and O–H groups in total. The fraction of sp³-hybridized carbons (Fsp3) is 0.364. The van der Waals surface area contributed by atoms with Crippen LogP contribution in [0.2, 0.25) is 0 Å². The lowest BCUT2D eigenvalue weighted by atomic mass is 10.3. The van der Waals surface area contributed by atoms with Gasteiger partial charge in [-0.1, -0.05) is 0 Å². The highest BCUT2D eigenvalue weighted by atomic mass is 32.2. The zero-order valence-corrected chi connectivity index (χ0v) is 10.3. The van der Waals surface area contributed by atoms with Crippen molar-refractivity contribution in [1.82, 2.24) is 4.98 Å². The lowest BCUT2D eigenvalue weighted by Gasteiger charge is -2.11. The van der Waals surface area contributed by atoms with E-state index in [-0.39, 0.29) is 5.56 Å². The summed E-state index contributed by atoms with van der Waals surface area (Å²) < 4.78 is 4.75. The van der Waals surface area contributed by atoms with Gasteiger partial charge in [-0.25, -0.2) is 4.79 Å². The van der Waals surface area contributed by atoms with E-state index >= 15 is 0 Å². The first-order chi connectivity index (χ1) is 8.19. The number of carbonyl (C=O) groups is 2. The Hall–Kier alpha value is -1.40. The average molecular weight is 254 g/mol. The maximum atomic E-state index is 11.6. The molecule has 92 valence electrons. The summed E-state index contributed by atoms with van der Waals surface area (Å²) in [6.45, 7) is 0.377. The molecule has 0 saturated carbocycles. The van der Waals surface area contributed by atoms with Crippen molar-refractivity contribution in [3.05, 3.63) is 30.1 Å². The van der Waals surface area contributed by atoms with E-state index < -0.39 is 17.2 Å². The number of nitrogens with zero attached hydrogens (tertiary/aromatic N) is 1. The molecule has 5 nitrogen and oxygen atoms in total. The molecule has 1 aromatic rings. The summed E-state index contributed by atoms with van der Waals surface area (Å²) in [7, 11) is 0. The summed E-state index contributed by atoms with van der Waals surface area (Å²) >= 11 is 1.32. The van der Waals surface area contributed by atoms with Crippen LogP contribution in [0.15, 0.2) is 24.5 Å². The highest BCUT2D eigenvalue weighted by Gasteiger charge is 2.21. The third kappa shape index (κ3) is 4.16. The van der Waals surface area contributed by atoms with Gasteiger partial charge in [0.25, 0.3) is 0 Å².